The molecule has 29 heavy (non-hydrogen) atoms. The van der Waals surface area contributed by atoms with Crippen LogP contribution in [0.3, 0.4) is 0 Å². The maximum atomic E-state index is 9.00. The molecule has 6 nitrogen and oxygen atoms in total. The summed E-state index contributed by atoms with van der Waals surface area (Å²) < 4.78 is 0. The van der Waals surface area contributed by atoms with E-state index in [2.05, 4.69) is 60.2 Å². The molecule has 0 spiro atoms. The summed E-state index contributed by atoms with van der Waals surface area (Å²) in [6.45, 7) is 5.47. The highest BCUT2D eigenvalue weighted by atomic mass is 16.4. The van der Waals surface area contributed by atoms with Gasteiger partial charge in [0.15, 0.2) is 0 Å². The monoisotopic (exact) mass is 388 g/mol. The van der Waals surface area contributed by atoms with Crippen LogP contribution >= 0.6 is 0 Å². The van der Waals surface area contributed by atoms with Gasteiger partial charge < -0.3 is 10.8 Å². The third kappa shape index (κ3) is 3.87. The van der Waals surface area contributed by atoms with Crippen molar-refractivity contribution in [2.75, 3.05) is 0 Å². The molecule has 0 fully saturated rings. The van der Waals surface area contributed by atoms with E-state index in [0.29, 0.717) is 5.84 Å². The summed E-state index contributed by atoms with van der Waals surface area (Å²) in [5.74, 6) is 0.0368. The molecule has 0 radical (unpaired) electrons. The van der Waals surface area contributed by atoms with Crippen molar-refractivity contribution >= 4 is 11.8 Å². The van der Waals surface area contributed by atoms with E-state index in [1.165, 1.54) is 5.56 Å². The Kier molecular flexibility index (Phi) is 5.73. The molecule has 0 amide bonds. The molecule has 1 aromatic heterocycles. The second kappa shape index (κ2) is 8.22. The van der Waals surface area contributed by atoms with Crippen LogP contribution in [0, 0.1) is 5.92 Å². The lowest BCUT2D eigenvalue weighted by Gasteiger charge is -2.33. The van der Waals surface area contributed by atoms with Crippen molar-refractivity contribution in [3.05, 3.63) is 83.9 Å². The Bertz CT molecular complexity index is 1040. The van der Waals surface area contributed by atoms with Crippen LogP contribution in [-0.2, 0) is 10.3 Å². The number of nitrogens with zero attached hydrogens (tertiary/aromatic N) is 3. The second-order valence-corrected chi connectivity index (χ2v) is 7.19. The number of amidine groups is 1. The number of carboxylic acids is 1. The smallest absolute Gasteiger partial charge is 0.300 e. The zero-order valence-corrected chi connectivity index (χ0v) is 16.7. The van der Waals surface area contributed by atoms with Gasteiger partial charge in [-0.05, 0) is 28.7 Å². The van der Waals surface area contributed by atoms with Crippen molar-refractivity contribution in [3.8, 4) is 11.1 Å². The van der Waals surface area contributed by atoms with Gasteiger partial charge in [-0.1, -0.05) is 56.3 Å². The Labute approximate surface area is 170 Å². The van der Waals surface area contributed by atoms with Gasteiger partial charge in [0.05, 0.1) is 0 Å². The number of rotatable bonds is 3. The first kappa shape index (κ1) is 20.2. The number of aliphatic carboxylic acids is 1. The Morgan fingerprint density at radius 2 is 1.69 bits per heavy atom. The zero-order chi connectivity index (χ0) is 21.0. The van der Waals surface area contributed by atoms with E-state index in [1.807, 2.05) is 24.5 Å². The first-order valence-corrected chi connectivity index (χ1v) is 9.37. The Balaban J connectivity index is 0.000000552. The fourth-order valence-electron chi connectivity index (χ4n) is 3.73. The van der Waals surface area contributed by atoms with E-state index in [0.717, 1.165) is 29.2 Å². The number of aliphatic imine (C=N–C) groups is 1. The number of aromatic nitrogens is 2. The minimum atomic E-state index is -0.833. The van der Waals surface area contributed by atoms with Gasteiger partial charge in [-0.15, -0.1) is 0 Å². The van der Waals surface area contributed by atoms with Crippen LogP contribution < -0.4 is 5.73 Å². The Morgan fingerprint density at radius 3 is 2.34 bits per heavy atom. The molecule has 3 aromatic rings. The molecular weight excluding hydrogens is 364 g/mol. The van der Waals surface area contributed by atoms with Crippen LogP contribution in [0.1, 0.15) is 37.5 Å². The topological polar surface area (TPSA) is 101 Å². The van der Waals surface area contributed by atoms with Crippen LogP contribution in [0.25, 0.3) is 11.1 Å². The van der Waals surface area contributed by atoms with E-state index >= 15 is 0 Å². The largest absolute Gasteiger partial charge is 0.481 e. The van der Waals surface area contributed by atoms with E-state index in [4.69, 9.17) is 20.6 Å². The first-order valence-electron chi connectivity index (χ1n) is 9.37. The van der Waals surface area contributed by atoms with Crippen LogP contribution in [0.5, 0.6) is 0 Å². The predicted octanol–water partition coefficient (Wildman–Crippen LogP) is 3.85. The van der Waals surface area contributed by atoms with Crippen molar-refractivity contribution in [1.82, 2.24) is 9.97 Å². The number of fused-ring (bicyclic) bond motifs is 1. The van der Waals surface area contributed by atoms with Crippen LogP contribution in [0.15, 0.2) is 72.2 Å². The highest BCUT2D eigenvalue weighted by Gasteiger charge is 2.43. The SMILES string of the molecule is CC(=O)O.CC(C)C1(c2cccc(-c3cncnc3)c2)N=C(N)c2ccccc21. The fraction of sp³-hybridized carbons (Fsp3) is 0.217. The van der Waals surface area contributed by atoms with Crippen LogP contribution in [0.4, 0.5) is 0 Å². The summed E-state index contributed by atoms with van der Waals surface area (Å²) >= 11 is 0. The van der Waals surface area contributed by atoms with Crippen LogP contribution in [-0.4, -0.2) is 26.9 Å². The molecule has 0 aliphatic carbocycles. The van der Waals surface area contributed by atoms with Gasteiger partial charge in [0.2, 0.25) is 0 Å². The van der Waals surface area contributed by atoms with Crippen molar-refractivity contribution in [1.29, 1.82) is 0 Å². The highest BCUT2D eigenvalue weighted by molar-refractivity contribution is 6.02. The van der Waals surface area contributed by atoms with Gasteiger partial charge in [-0.3, -0.25) is 9.79 Å². The van der Waals surface area contributed by atoms with Gasteiger partial charge >= 0.3 is 0 Å². The van der Waals surface area contributed by atoms with Gasteiger partial charge in [0.1, 0.15) is 17.7 Å². The summed E-state index contributed by atoms with van der Waals surface area (Å²) in [6.07, 6.45) is 5.20. The standard InChI is InChI=1S/C21H20N4.C2H4O2/c1-14(2)21(19-9-4-3-8-18(19)20(22)25-21)17-7-5-6-15(10-17)16-11-23-13-24-12-16;1-2(3)4/h3-14H,1-2H3,(H2,22,25);1H3,(H,3,4). The van der Waals surface area contributed by atoms with Gasteiger partial charge in [-0.25, -0.2) is 9.97 Å². The van der Waals surface area contributed by atoms with E-state index < -0.39 is 11.5 Å². The number of benzene rings is 2. The normalized spacial score (nSPS) is 17.2. The van der Waals surface area contributed by atoms with E-state index in [1.54, 1.807) is 6.33 Å². The molecular formula is C23H24N4O2. The third-order valence-corrected chi connectivity index (χ3v) is 4.94. The van der Waals surface area contributed by atoms with Gasteiger partial charge in [0, 0.05) is 30.4 Å². The predicted molar refractivity (Wildman–Crippen MR) is 114 cm³/mol. The summed E-state index contributed by atoms with van der Waals surface area (Å²) in [5.41, 5.74) is 11.2. The molecule has 0 saturated heterocycles. The summed E-state index contributed by atoms with van der Waals surface area (Å²) in [5, 5.41) is 7.42. The average molecular weight is 388 g/mol. The van der Waals surface area contributed by atoms with E-state index in [-0.39, 0.29) is 5.92 Å². The molecule has 0 bridgehead atoms. The molecule has 1 aliphatic rings. The number of nitrogens with two attached hydrogens (primary N) is 1. The quantitative estimate of drug-likeness (QED) is 0.709. The Hall–Kier alpha value is -3.54. The molecule has 6 heteroatoms. The molecule has 4 rings (SSSR count). The average Bonchev–Trinajstić information content (AvgIpc) is 3.03. The number of carboxylic acid groups (broad SMARTS) is 1. The summed E-state index contributed by atoms with van der Waals surface area (Å²) in [4.78, 5) is 22.2. The van der Waals surface area contributed by atoms with Crippen LogP contribution in [0.2, 0.25) is 0 Å². The van der Waals surface area contributed by atoms with Crippen molar-refractivity contribution in [3.63, 3.8) is 0 Å². The highest BCUT2D eigenvalue weighted by Crippen LogP contribution is 2.46. The zero-order valence-electron chi connectivity index (χ0n) is 16.7. The lowest BCUT2D eigenvalue weighted by atomic mass is 9.74. The minimum Gasteiger partial charge on any atom is -0.481 e. The summed E-state index contributed by atoms with van der Waals surface area (Å²) in [7, 11) is 0. The molecule has 2 aromatic carbocycles. The number of carbonyl (C=O) groups is 1. The first-order chi connectivity index (χ1) is 13.9. The molecule has 1 atom stereocenters. The minimum absolute atomic E-state index is 0.261. The number of hydrogen-bond donors (Lipinski definition) is 2. The maximum absolute atomic E-state index is 9.00. The number of hydrogen-bond acceptors (Lipinski definition) is 5. The second-order valence-electron chi connectivity index (χ2n) is 7.19. The third-order valence-electron chi connectivity index (χ3n) is 4.94. The van der Waals surface area contributed by atoms with Gasteiger partial charge in [0.25, 0.3) is 5.97 Å². The maximum Gasteiger partial charge on any atom is 0.300 e. The molecule has 3 N–H and O–H groups in total. The Morgan fingerprint density at radius 1 is 1.03 bits per heavy atom. The summed E-state index contributed by atoms with van der Waals surface area (Å²) in [6, 6.07) is 16.7. The molecule has 2 heterocycles. The van der Waals surface area contributed by atoms with E-state index in [9.17, 15) is 0 Å². The molecule has 148 valence electrons. The van der Waals surface area contributed by atoms with Crippen molar-refractivity contribution < 1.29 is 9.90 Å². The fourth-order valence-corrected chi connectivity index (χ4v) is 3.73. The lowest BCUT2D eigenvalue weighted by Crippen LogP contribution is -2.30. The van der Waals surface area contributed by atoms with Crippen molar-refractivity contribution in [2.45, 2.75) is 26.3 Å². The molecule has 1 unspecified atom stereocenters. The lowest BCUT2D eigenvalue weighted by molar-refractivity contribution is -0.134. The molecule has 0 saturated carbocycles. The molecule has 1 aliphatic heterocycles. The van der Waals surface area contributed by atoms with Gasteiger partial charge in [-0.2, -0.15) is 0 Å². The van der Waals surface area contributed by atoms with Crippen molar-refractivity contribution in [2.24, 2.45) is 16.6 Å².